The number of carbonyl (C=O) groups excluding carboxylic acids is 1. The predicted octanol–water partition coefficient (Wildman–Crippen LogP) is 3.33. The Morgan fingerprint density at radius 3 is 2.86 bits per heavy atom. The molecule has 0 fully saturated rings. The molecule has 0 saturated carbocycles. The number of benzene rings is 1. The van der Waals surface area contributed by atoms with E-state index in [0.717, 1.165) is 33.2 Å². The lowest BCUT2D eigenvalue weighted by Crippen LogP contribution is -2.15. The minimum atomic E-state index is -0.0344. The Bertz CT molecular complexity index is 629. The summed E-state index contributed by atoms with van der Waals surface area (Å²) in [5.74, 6) is 1.18. The lowest BCUT2D eigenvalue weighted by atomic mass is 10.3. The molecule has 1 amide bonds. The molecule has 0 radical (unpaired) electrons. The summed E-state index contributed by atoms with van der Waals surface area (Å²) in [5.41, 5.74) is 0.843. The number of aryl methyl sites for hydroxylation is 1. The third kappa shape index (κ3) is 4.44. The monoisotopic (exact) mass is 416 g/mol. The number of carbonyl (C=O) groups is 1. The molecule has 21 heavy (non-hydrogen) atoms. The van der Waals surface area contributed by atoms with Gasteiger partial charge in [-0.2, -0.15) is 0 Å². The summed E-state index contributed by atoms with van der Waals surface area (Å²) in [6.45, 7) is 4.91. The van der Waals surface area contributed by atoms with Crippen LogP contribution in [-0.4, -0.2) is 26.4 Å². The van der Waals surface area contributed by atoms with Gasteiger partial charge in [0.05, 0.1) is 11.4 Å². The smallest absolute Gasteiger partial charge is 0.234 e. The highest BCUT2D eigenvalue weighted by Crippen LogP contribution is 2.20. The van der Waals surface area contributed by atoms with Gasteiger partial charge in [-0.1, -0.05) is 30.8 Å². The quantitative estimate of drug-likeness (QED) is 0.580. The summed E-state index contributed by atoms with van der Waals surface area (Å²) >= 11 is 3.62. The number of hydrogen-bond acceptors (Lipinski definition) is 4. The normalized spacial score (nSPS) is 10.6. The van der Waals surface area contributed by atoms with E-state index in [0.29, 0.717) is 5.75 Å². The molecule has 0 spiro atoms. The van der Waals surface area contributed by atoms with Crippen molar-refractivity contribution in [2.24, 2.45) is 0 Å². The summed E-state index contributed by atoms with van der Waals surface area (Å²) in [7, 11) is 0. The second kappa shape index (κ2) is 7.79. The zero-order chi connectivity index (χ0) is 15.2. The van der Waals surface area contributed by atoms with Crippen LogP contribution >= 0.6 is 34.4 Å². The fourth-order valence-electron chi connectivity index (χ4n) is 1.83. The molecule has 0 saturated heterocycles. The number of para-hydroxylation sites is 1. The van der Waals surface area contributed by atoms with E-state index in [2.05, 4.69) is 45.0 Å². The number of thioether (sulfide) groups is 1. The number of hydrogen-bond donors (Lipinski definition) is 1. The Kier molecular flexibility index (Phi) is 6.04. The van der Waals surface area contributed by atoms with Crippen LogP contribution in [-0.2, 0) is 11.3 Å². The zero-order valence-corrected chi connectivity index (χ0v) is 14.9. The first-order valence-corrected chi connectivity index (χ1v) is 8.75. The molecule has 1 N–H and O–H groups in total. The molecule has 5 nitrogen and oxygen atoms in total. The number of aromatic nitrogens is 3. The van der Waals surface area contributed by atoms with Crippen molar-refractivity contribution in [2.75, 3.05) is 11.1 Å². The van der Waals surface area contributed by atoms with Gasteiger partial charge in [-0.25, -0.2) is 0 Å². The summed E-state index contributed by atoms with van der Waals surface area (Å²) in [5, 5.41) is 11.9. The van der Waals surface area contributed by atoms with Gasteiger partial charge in [0.2, 0.25) is 5.91 Å². The number of anilines is 1. The summed E-state index contributed by atoms with van der Waals surface area (Å²) < 4.78 is 3.07. The number of nitrogens with one attached hydrogen (secondary N) is 1. The summed E-state index contributed by atoms with van der Waals surface area (Å²) in [6.07, 6.45) is 1.01. The van der Waals surface area contributed by atoms with Gasteiger partial charge in [0.15, 0.2) is 5.16 Å². The Labute approximate surface area is 142 Å². The highest BCUT2D eigenvalue weighted by molar-refractivity contribution is 14.1. The minimum absolute atomic E-state index is 0.0344. The maximum Gasteiger partial charge on any atom is 0.234 e. The number of halogens is 1. The van der Waals surface area contributed by atoms with Gasteiger partial charge in [0.1, 0.15) is 5.82 Å². The Morgan fingerprint density at radius 2 is 2.14 bits per heavy atom. The van der Waals surface area contributed by atoms with Crippen molar-refractivity contribution in [2.45, 2.75) is 32.0 Å². The Morgan fingerprint density at radius 1 is 1.38 bits per heavy atom. The fourth-order valence-corrected chi connectivity index (χ4v) is 3.16. The standard InChI is InChI=1S/C14H17IN4OS/c1-3-8-19-10(2)17-18-14(19)21-9-13(20)16-12-7-5-4-6-11(12)15/h4-7H,3,8-9H2,1-2H3,(H,16,20). The maximum atomic E-state index is 12.0. The Hall–Kier alpha value is -1.09. The van der Waals surface area contributed by atoms with Crippen LogP contribution in [0.4, 0.5) is 5.69 Å². The van der Waals surface area contributed by atoms with Crippen LogP contribution in [0.2, 0.25) is 0 Å². The largest absolute Gasteiger partial charge is 0.324 e. The Balaban J connectivity index is 1.94. The van der Waals surface area contributed by atoms with Gasteiger partial charge in [-0.15, -0.1) is 10.2 Å². The molecule has 0 aliphatic carbocycles. The first-order chi connectivity index (χ1) is 10.1. The molecule has 0 unspecified atom stereocenters. The molecule has 2 aromatic rings. The first-order valence-electron chi connectivity index (χ1n) is 6.68. The number of rotatable bonds is 6. The van der Waals surface area contributed by atoms with Gasteiger partial charge in [0, 0.05) is 10.1 Å². The molecule has 0 bridgehead atoms. The zero-order valence-electron chi connectivity index (χ0n) is 12.0. The van der Waals surface area contributed by atoms with Crippen LogP contribution in [0, 0.1) is 10.5 Å². The molecule has 1 aromatic heterocycles. The molecule has 0 aliphatic rings. The molecule has 1 aromatic carbocycles. The van der Waals surface area contributed by atoms with Gasteiger partial charge < -0.3 is 9.88 Å². The van der Waals surface area contributed by atoms with Crippen molar-refractivity contribution in [3.63, 3.8) is 0 Å². The van der Waals surface area contributed by atoms with E-state index >= 15 is 0 Å². The summed E-state index contributed by atoms with van der Waals surface area (Å²) in [4.78, 5) is 12.0. The van der Waals surface area contributed by atoms with Crippen molar-refractivity contribution in [1.82, 2.24) is 14.8 Å². The van der Waals surface area contributed by atoms with E-state index in [-0.39, 0.29) is 5.91 Å². The van der Waals surface area contributed by atoms with Crippen LogP contribution < -0.4 is 5.32 Å². The van der Waals surface area contributed by atoms with Gasteiger partial charge in [-0.3, -0.25) is 4.79 Å². The minimum Gasteiger partial charge on any atom is -0.324 e. The van der Waals surface area contributed by atoms with Gasteiger partial charge in [0.25, 0.3) is 0 Å². The number of nitrogens with zero attached hydrogens (tertiary/aromatic N) is 3. The molecule has 2 rings (SSSR count). The van der Waals surface area contributed by atoms with Crippen molar-refractivity contribution >= 4 is 45.9 Å². The second-order valence-electron chi connectivity index (χ2n) is 4.50. The van der Waals surface area contributed by atoms with Crippen molar-refractivity contribution in [3.05, 3.63) is 33.7 Å². The molecule has 7 heteroatoms. The van der Waals surface area contributed by atoms with Crippen molar-refractivity contribution in [3.8, 4) is 0 Å². The average molecular weight is 416 g/mol. The maximum absolute atomic E-state index is 12.0. The molecule has 0 atom stereocenters. The van der Waals surface area contributed by atoms with E-state index in [1.807, 2.05) is 35.8 Å². The lowest BCUT2D eigenvalue weighted by Gasteiger charge is -2.08. The third-order valence-corrected chi connectivity index (χ3v) is 4.74. The lowest BCUT2D eigenvalue weighted by molar-refractivity contribution is -0.113. The molecule has 1 heterocycles. The molecule has 0 aliphatic heterocycles. The van der Waals surface area contributed by atoms with Crippen LogP contribution in [0.3, 0.4) is 0 Å². The molecular formula is C14H17IN4OS. The first kappa shape index (κ1) is 16.3. The van der Waals surface area contributed by atoms with Crippen molar-refractivity contribution in [1.29, 1.82) is 0 Å². The van der Waals surface area contributed by atoms with Crippen LogP contribution in [0.25, 0.3) is 0 Å². The van der Waals surface area contributed by atoms with Crippen LogP contribution in [0.1, 0.15) is 19.2 Å². The third-order valence-electron chi connectivity index (χ3n) is 2.83. The molecular weight excluding hydrogens is 399 g/mol. The second-order valence-corrected chi connectivity index (χ2v) is 6.60. The SMILES string of the molecule is CCCn1c(C)nnc1SCC(=O)Nc1ccccc1I. The van der Waals surface area contributed by atoms with Crippen LogP contribution in [0.15, 0.2) is 29.4 Å². The number of amides is 1. The molecule has 112 valence electrons. The van der Waals surface area contributed by atoms with E-state index < -0.39 is 0 Å². The van der Waals surface area contributed by atoms with E-state index in [4.69, 9.17) is 0 Å². The fraction of sp³-hybridized carbons (Fsp3) is 0.357. The average Bonchev–Trinajstić information content (AvgIpc) is 2.81. The van der Waals surface area contributed by atoms with Crippen molar-refractivity contribution < 1.29 is 4.79 Å². The van der Waals surface area contributed by atoms with E-state index in [1.165, 1.54) is 11.8 Å². The highest BCUT2D eigenvalue weighted by Gasteiger charge is 2.11. The topological polar surface area (TPSA) is 59.8 Å². The van der Waals surface area contributed by atoms with Gasteiger partial charge >= 0.3 is 0 Å². The van der Waals surface area contributed by atoms with Crippen LogP contribution in [0.5, 0.6) is 0 Å². The highest BCUT2D eigenvalue weighted by atomic mass is 127. The predicted molar refractivity (Wildman–Crippen MR) is 93.6 cm³/mol. The van der Waals surface area contributed by atoms with E-state index in [1.54, 1.807) is 0 Å². The summed E-state index contributed by atoms with van der Waals surface area (Å²) in [6, 6.07) is 7.72. The van der Waals surface area contributed by atoms with Gasteiger partial charge in [-0.05, 0) is 48.1 Å². The van der Waals surface area contributed by atoms with E-state index in [9.17, 15) is 4.79 Å².